The van der Waals surface area contributed by atoms with E-state index in [-0.39, 0.29) is 5.91 Å². The molecule has 0 aliphatic carbocycles. The van der Waals surface area contributed by atoms with Gasteiger partial charge in [0.25, 0.3) is 0 Å². The van der Waals surface area contributed by atoms with Crippen molar-refractivity contribution in [3.8, 4) is 0 Å². The van der Waals surface area contributed by atoms with Crippen molar-refractivity contribution in [2.24, 2.45) is 0 Å². The third-order valence-corrected chi connectivity index (χ3v) is 2.03. The number of aryl methyl sites for hydroxylation is 1. The Bertz CT molecular complexity index is 307. The number of carbonyl (C=O) groups is 1. The normalized spacial score (nSPS) is 10.3. The van der Waals surface area contributed by atoms with Crippen LogP contribution in [0.2, 0.25) is 0 Å². The van der Waals surface area contributed by atoms with E-state index >= 15 is 0 Å². The van der Waals surface area contributed by atoms with Crippen molar-refractivity contribution in [3.63, 3.8) is 0 Å². The van der Waals surface area contributed by atoms with E-state index in [0.717, 1.165) is 24.5 Å². The average Bonchev–Trinajstić information content (AvgIpc) is 2.61. The Morgan fingerprint density at radius 2 is 2.27 bits per heavy atom. The summed E-state index contributed by atoms with van der Waals surface area (Å²) in [4.78, 5) is 11.2. The number of hydrogen-bond donors (Lipinski definition) is 2. The molecule has 0 fully saturated rings. The minimum absolute atomic E-state index is 0.0279. The molecule has 0 atom stereocenters. The molecule has 1 aromatic rings. The molecule has 15 heavy (non-hydrogen) atoms. The van der Waals surface area contributed by atoms with E-state index in [0.29, 0.717) is 13.1 Å². The largest absolute Gasteiger partial charge is 0.466 e. The lowest BCUT2D eigenvalue weighted by Gasteiger charge is -2.03. The van der Waals surface area contributed by atoms with Gasteiger partial charge in [0.15, 0.2) is 0 Å². The quantitative estimate of drug-likeness (QED) is 0.732. The summed E-state index contributed by atoms with van der Waals surface area (Å²) in [5.74, 6) is 1.85. The van der Waals surface area contributed by atoms with Gasteiger partial charge < -0.3 is 15.1 Å². The van der Waals surface area contributed by atoms with Crippen molar-refractivity contribution in [1.29, 1.82) is 0 Å². The molecule has 84 valence electrons. The number of likely N-dealkylation sites (N-methyl/N-ethyl adjacent to an activating group) is 1. The van der Waals surface area contributed by atoms with Crippen LogP contribution in [-0.2, 0) is 11.2 Å². The monoisotopic (exact) mass is 210 g/mol. The molecule has 1 rings (SSSR count). The van der Waals surface area contributed by atoms with Crippen molar-refractivity contribution in [2.75, 3.05) is 19.6 Å². The number of furan rings is 1. The summed E-state index contributed by atoms with van der Waals surface area (Å²) in [5, 5.41) is 5.78. The summed E-state index contributed by atoms with van der Waals surface area (Å²) >= 11 is 0. The third-order valence-electron chi connectivity index (χ3n) is 2.03. The Balaban J connectivity index is 2.13. The molecule has 2 N–H and O–H groups in total. The first-order chi connectivity index (χ1) is 7.22. The second-order valence-electron chi connectivity index (χ2n) is 3.39. The molecule has 0 aliphatic rings. The molecular formula is C11H18N2O2. The highest BCUT2D eigenvalue weighted by Crippen LogP contribution is 2.05. The minimum Gasteiger partial charge on any atom is -0.466 e. The first kappa shape index (κ1) is 11.8. The first-order valence-electron chi connectivity index (χ1n) is 5.25. The fraction of sp³-hybridized carbons (Fsp3) is 0.545. The van der Waals surface area contributed by atoms with Crippen molar-refractivity contribution in [2.45, 2.75) is 20.3 Å². The number of rotatable bonds is 6. The molecule has 4 heteroatoms. The van der Waals surface area contributed by atoms with Gasteiger partial charge in [-0.15, -0.1) is 0 Å². The molecule has 1 aromatic heterocycles. The molecule has 1 heterocycles. The Hall–Kier alpha value is -1.29. The summed E-state index contributed by atoms with van der Waals surface area (Å²) in [7, 11) is 0. The van der Waals surface area contributed by atoms with Crippen LogP contribution in [0.4, 0.5) is 0 Å². The number of nitrogens with one attached hydrogen (secondary N) is 2. The van der Waals surface area contributed by atoms with Gasteiger partial charge in [0.1, 0.15) is 11.5 Å². The Morgan fingerprint density at radius 3 is 2.87 bits per heavy atom. The van der Waals surface area contributed by atoms with Crippen molar-refractivity contribution < 1.29 is 9.21 Å². The standard InChI is InChI=1S/C11H18N2O2/c1-3-12-8-11(14)13-7-6-10-5-4-9(2)15-10/h4-5,12H,3,6-8H2,1-2H3,(H,13,14). The van der Waals surface area contributed by atoms with Crippen LogP contribution < -0.4 is 10.6 Å². The number of carbonyl (C=O) groups excluding carboxylic acids is 1. The van der Waals surface area contributed by atoms with Gasteiger partial charge in [0.05, 0.1) is 6.54 Å². The summed E-state index contributed by atoms with van der Waals surface area (Å²) in [6.45, 7) is 5.70. The summed E-state index contributed by atoms with van der Waals surface area (Å²) < 4.78 is 5.38. The van der Waals surface area contributed by atoms with E-state index in [4.69, 9.17) is 4.42 Å². The molecule has 0 saturated carbocycles. The maximum absolute atomic E-state index is 11.2. The van der Waals surface area contributed by atoms with Gasteiger partial charge in [-0.3, -0.25) is 4.79 Å². The van der Waals surface area contributed by atoms with Gasteiger partial charge in [-0.2, -0.15) is 0 Å². The smallest absolute Gasteiger partial charge is 0.233 e. The van der Waals surface area contributed by atoms with Gasteiger partial charge in [-0.05, 0) is 25.6 Å². The highest BCUT2D eigenvalue weighted by molar-refractivity contribution is 5.77. The molecule has 0 spiro atoms. The lowest BCUT2D eigenvalue weighted by molar-refractivity contribution is -0.120. The van der Waals surface area contributed by atoms with Gasteiger partial charge in [-0.1, -0.05) is 6.92 Å². The van der Waals surface area contributed by atoms with Crippen LogP contribution in [0, 0.1) is 6.92 Å². The van der Waals surface area contributed by atoms with Crippen LogP contribution in [0.3, 0.4) is 0 Å². The van der Waals surface area contributed by atoms with E-state index in [1.165, 1.54) is 0 Å². The summed E-state index contributed by atoms with van der Waals surface area (Å²) in [5.41, 5.74) is 0. The summed E-state index contributed by atoms with van der Waals surface area (Å²) in [6.07, 6.45) is 0.742. The third kappa shape index (κ3) is 4.65. The van der Waals surface area contributed by atoms with Crippen molar-refractivity contribution in [3.05, 3.63) is 23.7 Å². The first-order valence-corrected chi connectivity index (χ1v) is 5.25. The van der Waals surface area contributed by atoms with Gasteiger partial charge >= 0.3 is 0 Å². The topological polar surface area (TPSA) is 54.3 Å². The van der Waals surface area contributed by atoms with Crippen molar-refractivity contribution >= 4 is 5.91 Å². The van der Waals surface area contributed by atoms with Crippen LogP contribution in [-0.4, -0.2) is 25.5 Å². The molecular weight excluding hydrogens is 192 g/mol. The Morgan fingerprint density at radius 1 is 1.47 bits per heavy atom. The SMILES string of the molecule is CCNCC(=O)NCCc1ccc(C)o1. The van der Waals surface area contributed by atoms with Gasteiger partial charge in [0.2, 0.25) is 5.91 Å². The summed E-state index contributed by atoms with van der Waals surface area (Å²) in [6, 6.07) is 3.86. The van der Waals surface area contributed by atoms with Crippen LogP contribution >= 0.6 is 0 Å². The highest BCUT2D eigenvalue weighted by Gasteiger charge is 2.01. The molecule has 0 saturated heterocycles. The Kier molecular flexibility index (Phi) is 4.90. The molecule has 0 unspecified atom stereocenters. The predicted molar refractivity (Wildman–Crippen MR) is 58.7 cm³/mol. The molecule has 0 bridgehead atoms. The van der Waals surface area contributed by atoms with Gasteiger partial charge in [-0.25, -0.2) is 0 Å². The molecule has 0 radical (unpaired) electrons. The molecule has 0 aromatic carbocycles. The zero-order valence-corrected chi connectivity index (χ0v) is 9.30. The minimum atomic E-state index is 0.0279. The van der Waals surface area contributed by atoms with E-state index in [2.05, 4.69) is 10.6 Å². The second kappa shape index (κ2) is 6.24. The van der Waals surface area contributed by atoms with Crippen LogP contribution in [0.1, 0.15) is 18.4 Å². The Labute approximate surface area is 90.0 Å². The van der Waals surface area contributed by atoms with Crippen molar-refractivity contribution in [1.82, 2.24) is 10.6 Å². The van der Waals surface area contributed by atoms with E-state index < -0.39 is 0 Å². The fourth-order valence-electron chi connectivity index (χ4n) is 1.25. The number of hydrogen-bond acceptors (Lipinski definition) is 3. The molecule has 0 aliphatic heterocycles. The lowest BCUT2D eigenvalue weighted by Crippen LogP contribution is -2.34. The maximum Gasteiger partial charge on any atom is 0.233 e. The second-order valence-corrected chi connectivity index (χ2v) is 3.39. The molecule has 4 nitrogen and oxygen atoms in total. The number of amides is 1. The molecule has 1 amide bonds. The zero-order chi connectivity index (χ0) is 11.1. The zero-order valence-electron chi connectivity index (χ0n) is 9.30. The fourth-order valence-corrected chi connectivity index (χ4v) is 1.25. The van der Waals surface area contributed by atoms with E-state index in [9.17, 15) is 4.79 Å². The maximum atomic E-state index is 11.2. The van der Waals surface area contributed by atoms with Crippen LogP contribution in [0.5, 0.6) is 0 Å². The van der Waals surface area contributed by atoms with Crippen LogP contribution in [0.25, 0.3) is 0 Å². The highest BCUT2D eigenvalue weighted by atomic mass is 16.3. The van der Waals surface area contributed by atoms with Crippen LogP contribution in [0.15, 0.2) is 16.5 Å². The van der Waals surface area contributed by atoms with Gasteiger partial charge in [0, 0.05) is 13.0 Å². The average molecular weight is 210 g/mol. The van der Waals surface area contributed by atoms with E-state index in [1.54, 1.807) is 0 Å². The van der Waals surface area contributed by atoms with E-state index in [1.807, 2.05) is 26.0 Å². The predicted octanol–water partition coefficient (Wildman–Crippen LogP) is 0.856. The lowest BCUT2D eigenvalue weighted by atomic mass is 10.3.